The van der Waals surface area contributed by atoms with E-state index in [0.717, 1.165) is 24.9 Å². The molecule has 7 heteroatoms. The number of aromatic nitrogens is 2. The lowest BCUT2D eigenvalue weighted by atomic mass is 9.97. The third-order valence-corrected chi connectivity index (χ3v) is 5.50. The molecule has 1 aromatic heterocycles. The second-order valence-corrected chi connectivity index (χ2v) is 7.79. The average Bonchev–Trinajstić information content (AvgIpc) is 2.79. The first-order valence-electron chi connectivity index (χ1n) is 10.4. The summed E-state index contributed by atoms with van der Waals surface area (Å²) in [5.41, 5.74) is 2.08. The van der Waals surface area contributed by atoms with Crippen molar-refractivity contribution >= 4 is 17.4 Å². The van der Waals surface area contributed by atoms with Crippen molar-refractivity contribution in [1.29, 1.82) is 0 Å². The molecule has 1 atom stereocenters. The van der Waals surface area contributed by atoms with Crippen molar-refractivity contribution in [3.8, 4) is 11.6 Å². The Hall–Kier alpha value is -3.48. The summed E-state index contributed by atoms with van der Waals surface area (Å²) in [5.74, 6) is 1.01. The first-order valence-corrected chi connectivity index (χ1v) is 10.4. The van der Waals surface area contributed by atoms with Crippen LogP contribution in [0.2, 0.25) is 0 Å². The fraction of sp³-hybridized carbons (Fsp3) is 0.292. The second-order valence-electron chi connectivity index (χ2n) is 7.79. The summed E-state index contributed by atoms with van der Waals surface area (Å²) >= 11 is 0. The number of nitrogens with zero attached hydrogens (tertiary/aromatic N) is 3. The standard InChI is InChI=1S/C24H25FN4O2/c1-16-8-10-19(11-9-16)31-24-22(26-12-13-27-24)29-14-4-5-18(15-29)23(30)28-21-7-3-6-20(25)17(21)2/h3,6-13,18H,4-5,14-15H2,1-2H3,(H,28,30)/t18-/m1/s1. The Morgan fingerprint density at radius 1 is 1.13 bits per heavy atom. The number of carbonyl (C=O) groups is 1. The zero-order chi connectivity index (χ0) is 21.8. The van der Waals surface area contributed by atoms with Gasteiger partial charge in [-0.1, -0.05) is 23.8 Å². The molecule has 3 aromatic rings. The van der Waals surface area contributed by atoms with E-state index in [0.29, 0.717) is 35.2 Å². The van der Waals surface area contributed by atoms with Crippen molar-refractivity contribution in [2.75, 3.05) is 23.3 Å². The Balaban J connectivity index is 1.49. The lowest BCUT2D eigenvalue weighted by molar-refractivity contribution is -0.120. The second kappa shape index (κ2) is 9.12. The van der Waals surface area contributed by atoms with Crippen LogP contribution in [0, 0.1) is 25.6 Å². The topological polar surface area (TPSA) is 67.4 Å². The van der Waals surface area contributed by atoms with Crippen molar-refractivity contribution in [3.63, 3.8) is 0 Å². The van der Waals surface area contributed by atoms with Gasteiger partial charge in [-0.25, -0.2) is 14.4 Å². The van der Waals surface area contributed by atoms with Gasteiger partial charge in [-0.15, -0.1) is 0 Å². The zero-order valence-corrected chi connectivity index (χ0v) is 17.6. The highest BCUT2D eigenvalue weighted by atomic mass is 19.1. The maximum Gasteiger partial charge on any atom is 0.263 e. The molecule has 1 aliphatic heterocycles. The molecule has 1 amide bonds. The summed E-state index contributed by atoms with van der Waals surface area (Å²) in [6.45, 7) is 4.92. The number of anilines is 2. The van der Waals surface area contributed by atoms with Gasteiger partial charge in [0, 0.05) is 36.7 Å². The average molecular weight is 420 g/mol. The van der Waals surface area contributed by atoms with Crippen LogP contribution < -0.4 is 15.0 Å². The van der Waals surface area contributed by atoms with Gasteiger partial charge in [0.05, 0.1) is 5.92 Å². The molecule has 2 heterocycles. The van der Waals surface area contributed by atoms with Gasteiger partial charge in [-0.3, -0.25) is 4.79 Å². The van der Waals surface area contributed by atoms with E-state index in [9.17, 15) is 9.18 Å². The molecule has 0 aliphatic carbocycles. The molecule has 1 N–H and O–H groups in total. The van der Waals surface area contributed by atoms with Crippen LogP contribution in [-0.2, 0) is 4.79 Å². The van der Waals surface area contributed by atoms with E-state index in [1.165, 1.54) is 6.07 Å². The monoisotopic (exact) mass is 420 g/mol. The van der Waals surface area contributed by atoms with E-state index in [-0.39, 0.29) is 17.6 Å². The van der Waals surface area contributed by atoms with Gasteiger partial charge in [0.2, 0.25) is 5.91 Å². The quantitative estimate of drug-likeness (QED) is 0.637. The van der Waals surface area contributed by atoms with Gasteiger partial charge in [-0.05, 0) is 51.0 Å². The van der Waals surface area contributed by atoms with Crippen molar-refractivity contribution < 1.29 is 13.9 Å². The summed E-state index contributed by atoms with van der Waals surface area (Å²) in [6, 6.07) is 12.4. The lowest BCUT2D eigenvalue weighted by Crippen LogP contribution is -2.41. The molecule has 0 unspecified atom stereocenters. The van der Waals surface area contributed by atoms with Crippen molar-refractivity contribution in [2.45, 2.75) is 26.7 Å². The fourth-order valence-corrected chi connectivity index (χ4v) is 3.69. The maximum atomic E-state index is 13.8. The molecule has 0 bridgehead atoms. The van der Waals surface area contributed by atoms with Crippen LogP contribution in [0.4, 0.5) is 15.9 Å². The van der Waals surface area contributed by atoms with Gasteiger partial charge >= 0.3 is 0 Å². The summed E-state index contributed by atoms with van der Waals surface area (Å²) in [7, 11) is 0. The molecule has 1 fully saturated rings. The number of ether oxygens (including phenoxy) is 1. The minimum atomic E-state index is -0.333. The molecular formula is C24H25FN4O2. The third-order valence-electron chi connectivity index (χ3n) is 5.50. The molecule has 6 nitrogen and oxygen atoms in total. The highest BCUT2D eigenvalue weighted by molar-refractivity contribution is 5.93. The SMILES string of the molecule is Cc1ccc(Oc2nccnc2N2CCC[C@@H](C(=O)Nc3cccc(F)c3C)C2)cc1. The zero-order valence-electron chi connectivity index (χ0n) is 17.6. The molecule has 0 radical (unpaired) electrons. The van der Waals surface area contributed by atoms with Crippen LogP contribution in [0.15, 0.2) is 54.9 Å². The predicted octanol–water partition coefficient (Wildman–Crippen LogP) is 4.88. The molecule has 4 rings (SSSR count). The van der Waals surface area contributed by atoms with Crippen LogP contribution >= 0.6 is 0 Å². The number of benzene rings is 2. The fourth-order valence-electron chi connectivity index (χ4n) is 3.69. The van der Waals surface area contributed by atoms with E-state index < -0.39 is 0 Å². The molecule has 0 spiro atoms. The predicted molar refractivity (Wildman–Crippen MR) is 118 cm³/mol. The first kappa shape index (κ1) is 20.8. The number of halogens is 1. The largest absolute Gasteiger partial charge is 0.436 e. The molecule has 1 aliphatic rings. The van der Waals surface area contributed by atoms with Gasteiger partial charge < -0.3 is 15.0 Å². The Morgan fingerprint density at radius 3 is 2.71 bits per heavy atom. The first-order chi connectivity index (χ1) is 15.0. The highest BCUT2D eigenvalue weighted by Gasteiger charge is 2.29. The number of rotatable bonds is 5. The van der Waals surface area contributed by atoms with E-state index in [2.05, 4.69) is 15.3 Å². The van der Waals surface area contributed by atoms with Crippen LogP contribution in [0.25, 0.3) is 0 Å². The Morgan fingerprint density at radius 2 is 1.90 bits per heavy atom. The van der Waals surface area contributed by atoms with Crippen molar-refractivity contribution in [1.82, 2.24) is 9.97 Å². The van der Waals surface area contributed by atoms with E-state index in [1.54, 1.807) is 31.5 Å². The molecule has 31 heavy (non-hydrogen) atoms. The van der Waals surface area contributed by atoms with Gasteiger partial charge in [0.1, 0.15) is 11.6 Å². The normalized spacial score (nSPS) is 16.1. The summed E-state index contributed by atoms with van der Waals surface area (Å²) in [5, 5.41) is 2.88. The number of carbonyl (C=O) groups excluding carboxylic acids is 1. The minimum absolute atomic E-state index is 0.122. The summed E-state index contributed by atoms with van der Waals surface area (Å²) < 4.78 is 19.8. The Labute approximate surface area is 181 Å². The van der Waals surface area contributed by atoms with E-state index in [1.807, 2.05) is 36.1 Å². The van der Waals surface area contributed by atoms with Crippen molar-refractivity contribution in [2.24, 2.45) is 5.92 Å². The number of nitrogens with one attached hydrogen (secondary N) is 1. The molecule has 160 valence electrons. The number of amides is 1. The maximum absolute atomic E-state index is 13.8. The van der Waals surface area contributed by atoms with Crippen LogP contribution in [0.5, 0.6) is 11.6 Å². The van der Waals surface area contributed by atoms with Gasteiger partial charge in [-0.2, -0.15) is 0 Å². The summed E-state index contributed by atoms with van der Waals surface area (Å²) in [4.78, 5) is 23.8. The van der Waals surface area contributed by atoms with Crippen LogP contribution in [0.1, 0.15) is 24.0 Å². The minimum Gasteiger partial charge on any atom is -0.436 e. The Kier molecular flexibility index (Phi) is 6.11. The summed E-state index contributed by atoms with van der Waals surface area (Å²) in [6.07, 6.45) is 4.80. The van der Waals surface area contributed by atoms with Crippen LogP contribution in [-0.4, -0.2) is 29.0 Å². The van der Waals surface area contributed by atoms with Gasteiger partial charge in [0.25, 0.3) is 5.88 Å². The van der Waals surface area contributed by atoms with Crippen LogP contribution in [0.3, 0.4) is 0 Å². The smallest absolute Gasteiger partial charge is 0.263 e. The van der Waals surface area contributed by atoms with E-state index >= 15 is 0 Å². The van der Waals surface area contributed by atoms with Gasteiger partial charge in [0.15, 0.2) is 5.82 Å². The molecule has 1 saturated heterocycles. The highest BCUT2D eigenvalue weighted by Crippen LogP contribution is 2.31. The molecule has 0 saturated carbocycles. The third kappa shape index (κ3) is 4.82. The number of hydrogen-bond donors (Lipinski definition) is 1. The Bertz CT molecular complexity index is 1070. The number of piperidine rings is 1. The lowest BCUT2D eigenvalue weighted by Gasteiger charge is -2.33. The molecular weight excluding hydrogens is 395 g/mol. The number of aryl methyl sites for hydroxylation is 1. The number of hydrogen-bond acceptors (Lipinski definition) is 5. The van der Waals surface area contributed by atoms with E-state index in [4.69, 9.17) is 4.74 Å². The molecule has 2 aromatic carbocycles. The van der Waals surface area contributed by atoms with Crippen molar-refractivity contribution in [3.05, 3.63) is 71.8 Å².